The van der Waals surface area contributed by atoms with E-state index in [-0.39, 0.29) is 17.5 Å². The molecular formula is C26H23FN2O3. The largest absolute Gasteiger partial charge is 0.491 e. The molecule has 0 aliphatic carbocycles. The van der Waals surface area contributed by atoms with Crippen molar-refractivity contribution in [2.75, 3.05) is 5.32 Å². The third-order valence-corrected chi connectivity index (χ3v) is 4.34. The lowest BCUT2D eigenvalue weighted by molar-refractivity contribution is -0.112. The summed E-state index contributed by atoms with van der Waals surface area (Å²) in [6, 6.07) is 22.0. The quantitative estimate of drug-likeness (QED) is 0.366. The van der Waals surface area contributed by atoms with Crippen molar-refractivity contribution in [2.45, 2.75) is 26.6 Å². The molecule has 0 heterocycles. The predicted molar refractivity (Wildman–Crippen MR) is 122 cm³/mol. The molecule has 3 aromatic carbocycles. The highest BCUT2D eigenvalue weighted by atomic mass is 19.1. The Morgan fingerprint density at radius 1 is 1.06 bits per heavy atom. The number of benzene rings is 3. The van der Waals surface area contributed by atoms with E-state index < -0.39 is 5.91 Å². The van der Waals surface area contributed by atoms with E-state index in [9.17, 15) is 14.4 Å². The van der Waals surface area contributed by atoms with E-state index in [0.29, 0.717) is 29.4 Å². The molecule has 1 N–H and O–H groups in total. The number of hydrogen-bond acceptors (Lipinski definition) is 4. The minimum Gasteiger partial charge on any atom is -0.491 e. The Balaban J connectivity index is 1.63. The summed E-state index contributed by atoms with van der Waals surface area (Å²) in [5.74, 6) is 0.456. The smallest absolute Gasteiger partial charge is 0.266 e. The molecule has 3 aromatic rings. The van der Waals surface area contributed by atoms with Gasteiger partial charge >= 0.3 is 0 Å². The molecule has 0 aromatic heterocycles. The fourth-order valence-corrected chi connectivity index (χ4v) is 2.84. The van der Waals surface area contributed by atoms with Crippen LogP contribution in [0.4, 0.5) is 10.1 Å². The number of nitrogens with zero attached hydrogens (tertiary/aromatic N) is 1. The van der Waals surface area contributed by atoms with Gasteiger partial charge in [0.1, 0.15) is 35.6 Å². The van der Waals surface area contributed by atoms with Gasteiger partial charge in [0, 0.05) is 11.8 Å². The average Bonchev–Trinajstić information content (AvgIpc) is 2.77. The molecular weight excluding hydrogens is 407 g/mol. The number of halogens is 1. The van der Waals surface area contributed by atoms with Crippen LogP contribution in [0.5, 0.6) is 11.5 Å². The summed E-state index contributed by atoms with van der Waals surface area (Å²) in [4.78, 5) is 12.5. The zero-order valence-corrected chi connectivity index (χ0v) is 17.8. The van der Waals surface area contributed by atoms with Crippen molar-refractivity contribution in [3.8, 4) is 17.6 Å². The Labute approximate surface area is 186 Å². The summed E-state index contributed by atoms with van der Waals surface area (Å²) in [6.07, 6.45) is 1.52. The lowest BCUT2D eigenvalue weighted by atomic mass is 10.1. The summed E-state index contributed by atoms with van der Waals surface area (Å²) in [6.45, 7) is 4.14. The van der Waals surface area contributed by atoms with Gasteiger partial charge < -0.3 is 14.8 Å². The van der Waals surface area contributed by atoms with Gasteiger partial charge in [0.05, 0.1) is 6.10 Å². The minimum atomic E-state index is -0.508. The maximum absolute atomic E-state index is 13.0. The molecule has 32 heavy (non-hydrogen) atoms. The SMILES string of the molecule is CC(C)Oc1cccc(NC(=O)/C(C#N)=C\c2ccc(OCc3ccc(F)cc3)cc2)c1. The molecule has 0 fully saturated rings. The van der Waals surface area contributed by atoms with Crippen LogP contribution in [-0.4, -0.2) is 12.0 Å². The number of ether oxygens (including phenoxy) is 2. The molecule has 0 saturated heterocycles. The Hall–Kier alpha value is -4.11. The van der Waals surface area contributed by atoms with Crippen LogP contribution in [0, 0.1) is 17.1 Å². The van der Waals surface area contributed by atoms with E-state index in [1.807, 2.05) is 19.9 Å². The maximum atomic E-state index is 13.0. The Morgan fingerprint density at radius 3 is 2.44 bits per heavy atom. The number of nitrogens with one attached hydrogen (secondary N) is 1. The molecule has 0 bridgehead atoms. The molecule has 162 valence electrons. The zero-order valence-electron chi connectivity index (χ0n) is 17.8. The summed E-state index contributed by atoms with van der Waals surface area (Å²) in [5, 5.41) is 12.2. The normalized spacial score (nSPS) is 11.0. The lowest BCUT2D eigenvalue weighted by Crippen LogP contribution is -2.13. The first kappa shape index (κ1) is 22.6. The van der Waals surface area contributed by atoms with Crippen molar-refractivity contribution < 1.29 is 18.7 Å². The highest BCUT2D eigenvalue weighted by Gasteiger charge is 2.10. The monoisotopic (exact) mass is 430 g/mol. The number of hydrogen-bond donors (Lipinski definition) is 1. The maximum Gasteiger partial charge on any atom is 0.266 e. The second-order valence-corrected chi connectivity index (χ2v) is 7.30. The Bertz CT molecular complexity index is 1130. The van der Waals surface area contributed by atoms with Crippen LogP contribution in [0.3, 0.4) is 0 Å². The molecule has 0 spiro atoms. The van der Waals surface area contributed by atoms with E-state index >= 15 is 0 Å². The van der Waals surface area contributed by atoms with E-state index in [1.54, 1.807) is 60.7 Å². The third-order valence-electron chi connectivity index (χ3n) is 4.34. The number of rotatable bonds is 8. The van der Waals surface area contributed by atoms with Gasteiger partial charge in [-0.15, -0.1) is 0 Å². The number of amides is 1. The van der Waals surface area contributed by atoms with Crippen LogP contribution in [0.25, 0.3) is 6.08 Å². The van der Waals surface area contributed by atoms with Gasteiger partial charge in [-0.3, -0.25) is 4.79 Å². The fraction of sp³-hybridized carbons (Fsp3) is 0.154. The molecule has 0 aliphatic rings. The van der Waals surface area contributed by atoms with E-state index in [1.165, 1.54) is 18.2 Å². The number of anilines is 1. The van der Waals surface area contributed by atoms with Crippen molar-refractivity contribution in [2.24, 2.45) is 0 Å². The van der Waals surface area contributed by atoms with Crippen molar-refractivity contribution in [1.82, 2.24) is 0 Å². The van der Waals surface area contributed by atoms with Gasteiger partial charge in [0.25, 0.3) is 5.91 Å². The van der Waals surface area contributed by atoms with E-state index in [4.69, 9.17) is 9.47 Å². The van der Waals surface area contributed by atoms with E-state index in [0.717, 1.165) is 5.56 Å². The molecule has 0 saturated carbocycles. The van der Waals surface area contributed by atoms with Gasteiger partial charge in [-0.25, -0.2) is 4.39 Å². The van der Waals surface area contributed by atoms with Crippen LogP contribution in [0.2, 0.25) is 0 Å². The summed E-state index contributed by atoms with van der Waals surface area (Å²) >= 11 is 0. The van der Waals surface area contributed by atoms with E-state index in [2.05, 4.69) is 5.32 Å². The minimum absolute atomic E-state index is 0.0122. The molecule has 5 nitrogen and oxygen atoms in total. The second kappa shape index (κ2) is 10.8. The highest BCUT2D eigenvalue weighted by molar-refractivity contribution is 6.09. The Kier molecular flexibility index (Phi) is 7.60. The van der Waals surface area contributed by atoms with Crippen LogP contribution < -0.4 is 14.8 Å². The number of carbonyl (C=O) groups excluding carboxylic acids is 1. The van der Waals surface area contributed by atoms with Crippen LogP contribution >= 0.6 is 0 Å². The first-order valence-corrected chi connectivity index (χ1v) is 10.1. The molecule has 0 aliphatic heterocycles. The first-order chi connectivity index (χ1) is 15.4. The van der Waals surface area contributed by atoms with Crippen LogP contribution in [-0.2, 0) is 11.4 Å². The molecule has 6 heteroatoms. The summed E-state index contributed by atoms with van der Waals surface area (Å²) in [5.41, 5.74) is 2.04. The highest BCUT2D eigenvalue weighted by Crippen LogP contribution is 2.20. The topological polar surface area (TPSA) is 71.3 Å². The molecule has 0 unspecified atom stereocenters. The Morgan fingerprint density at radius 2 is 1.78 bits per heavy atom. The van der Waals surface area contributed by atoms with Gasteiger partial charge in [-0.2, -0.15) is 5.26 Å². The molecule has 3 rings (SSSR count). The van der Waals surface area contributed by atoms with Crippen LogP contribution in [0.15, 0.2) is 78.4 Å². The van der Waals surface area contributed by atoms with Crippen molar-refractivity contribution in [3.05, 3.63) is 95.3 Å². The van der Waals surface area contributed by atoms with Gasteiger partial charge in [-0.1, -0.05) is 30.3 Å². The molecule has 1 amide bonds. The lowest BCUT2D eigenvalue weighted by Gasteiger charge is -2.11. The van der Waals surface area contributed by atoms with Crippen molar-refractivity contribution in [1.29, 1.82) is 5.26 Å². The summed E-state index contributed by atoms with van der Waals surface area (Å²) in [7, 11) is 0. The zero-order chi connectivity index (χ0) is 22.9. The average molecular weight is 430 g/mol. The van der Waals surface area contributed by atoms with Crippen LogP contribution in [0.1, 0.15) is 25.0 Å². The van der Waals surface area contributed by atoms with Gasteiger partial charge in [0.2, 0.25) is 0 Å². The number of nitriles is 1. The molecule has 0 radical (unpaired) electrons. The predicted octanol–water partition coefficient (Wildman–Crippen LogP) is 5.74. The van der Waals surface area contributed by atoms with Crippen molar-refractivity contribution in [3.63, 3.8) is 0 Å². The fourth-order valence-electron chi connectivity index (χ4n) is 2.84. The third kappa shape index (κ3) is 6.71. The number of carbonyl (C=O) groups is 1. The first-order valence-electron chi connectivity index (χ1n) is 10.1. The van der Waals surface area contributed by atoms with Gasteiger partial charge in [-0.05, 0) is 67.4 Å². The van der Waals surface area contributed by atoms with Gasteiger partial charge in [0.15, 0.2) is 0 Å². The second-order valence-electron chi connectivity index (χ2n) is 7.30. The summed E-state index contributed by atoms with van der Waals surface area (Å²) < 4.78 is 24.3. The standard InChI is InChI=1S/C26H23FN2O3/c1-18(2)32-25-5-3-4-23(15-25)29-26(30)21(16-28)14-19-8-12-24(13-9-19)31-17-20-6-10-22(27)11-7-20/h3-15,18H,17H2,1-2H3,(H,29,30)/b21-14-. The molecule has 0 atom stereocenters. The van der Waals surface area contributed by atoms with Crippen molar-refractivity contribution >= 4 is 17.7 Å².